The molecule has 0 aromatic carbocycles. The van der Waals surface area contributed by atoms with Crippen LogP contribution in [-0.4, -0.2) is 46.1 Å². The Morgan fingerprint density at radius 2 is 1.41 bits per heavy atom. The van der Waals surface area contributed by atoms with Gasteiger partial charge in [-0.3, -0.25) is 0 Å². The summed E-state index contributed by atoms with van der Waals surface area (Å²) in [7, 11) is 0. The standard InChI is InChI=1S/C25H44O7/c1-4-5-6-7-8-9-10-11-12-13-14-15-16-17-18-21(23(28)22(27)19-26)25(30)32-31-24(29)20(2)3/h11-12,21-23,26-28H,2,4-10,13-19H2,1,3H3/b12-11-. The Morgan fingerprint density at radius 3 is 1.94 bits per heavy atom. The summed E-state index contributed by atoms with van der Waals surface area (Å²) < 4.78 is 0. The molecule has 0 bridgehead atoms. The molecule has 0 aromatic rings. The molecule has 7 heteroatoms. The molecule has 3 unspecified atom stereocenters. The zero-order chi connectivity index (χ0) is 24.2. The first kappa shape index (κ1) is 30.3. The van der Waals surface area contributed by atoms with Crippen LogP contribution in [0.3, 0.4) is 0 Å². The summed E-state index contributed by atoms with van der Waals surface area (Å²) in [4.78, 5) is 32.5. The van der Waals surface area contributed by atoms with E-state index >= 15 is 0 Å². The third-order valence-electron chi connectivity index (χ3n) is 5.37. The van der Waals surface area contributed by atoms with E-state index in [-0.39, 0.29) is 12.0 Å². The monoisotopic (exact) mass is 456 g/mol. The van der Waals surface area contributed by atoms with Crippen LogP contribution in [0.2, 0.25) is 0 Å². The van der Waals surface area contributed by atoms with Gasteiger partial charge in [-0.25, -0.2) is 19.4 Å². The largest absolute Gasteiger partial charge is 0.394 e. The SMILES string of the molecule is C=C(C)C(=O)OOC(=O)C(CCCCCC/C=C\CCCCCCCC)C(O)C(O)CO. The van der Waals surface area contributed by atoms with Gasteiger partial charge in [0, 0.05) is 5.57 Å². The molecule has 0 saturated heterocycles. The predicted molar refractivity (Wildman–Crippen MR) is 124 cm³/mol. The van der Waals surface area contributed by atoms with Crippen LogP contribution in [0.5, 0.6) is 0 Å². The van der Waals surface area contributed by atoms with Crippen LogP contribution in [0.15, 0.2) is 24.3 Å². The van der Waals surface area contributed by atoms with Gasteiger partial charge in [-0.2, -0.15) is 0 Å². The number of unbranched alkanes of at least 4 members (excludes halogenated alkanes) is 10. The van der Waals surface area contributed by atoms with E-state index in [2.05, 4.69) is 35.4 Å². The fourth-order valence-electron chi connectivity index (χ4n) is 3.27. The fraction of sp³-hybridized carbons (Fsp3) is 0.760. The zero-order valence-electron chi connectivity index (χ0n) is 20.0. The van der Waals surface area contributed by atoms with Crippen molar-refractivity contribution in [2.45, 2.75) is 110 Å². The molecule has 0 aliphatic carbocycles. The van der Waals surface area contributed by atoms with E-state index in [4.69, 9.17) is 5.11 Å². The number of aliphatic hydroxyl groups is 3. The van der Waals surface area contributed by atoms with Gasteiger partial charge in [0.1, 0.15) is 6.10 Å². The van der Waals surface area contributed by atoms with Crippen LogP contribution in [0.1, 0.15) is 97.3 Å². The normalized spacial score (nSPS) is 14.2. The topological polar surface area (TPSA) is 113 Å². The summed E-state index contributed by atoms with van der Waals surface area (Å²) in [5, 5.41) is 28.9. The van der Waals surface area contributed by atoms with Crippen molar-refractivity contribution >= 4 is 11.9 Å². The van der Waals surface area contributed by atoms with Gasteiger partial charge in [0.05, 0.1) is 18.6 Å². The summed E-state index contributed by atoms with van der Waals surface area (Å²) in [6, 6.07) is 0. The van der Waals surface area contributed by atoms with Crippen LogP contribution in [0.4, 0.5) is 0 Å². The van der Waals surface area contributed by atoms with Gasteiger partial charge in [0.2, 0.25) is 0 Å². The lowest BCUT2D eigenvalue weighted by atomic mass is 9.92. The number of aliphatic hydroxyl groups excluding tert-OH is 3. The van der Waals surface area contributed by atoms with Crippen molar-refractivity contribution in [3.8, 4) is 0 Å². The van der Waals surface area contributed by atoms with Crippen LogP contribution >= 0.6 is 0 Å². The first-order valence-corrected chi connectivity index (χ1v) is 12.0. The summed E-state index contributed by atoms with van der Waals surface area (Å²) in [5.74, 6) is -2.96. The Labute approximate surface area is 193 Å². The van der Waals surface area contributed by atoms with Gasteiger partial charge >= 0.3 is 11.9 Å². The smallest absolute Gasteiger partial charge is 0.381 e. The lowest BCUT2D eigenvalue weighted by Crippen LogP contribution is -2.40. The third-order valence-corrected chi connectivity index (χ3v) is 5.37. The number of hydrogen-bond donors (Lipinski definition) is 3. The average Bonchev–Trinajstić information content (AvgIpc) is 2.78. The third kappa shape index (κ3) is 15.2. The molecule has 0 saturated carbocycles. The van der Waals surface area contributed by atoms with E-state index in [0.717, 1.165) is 32.1 Å². The first-order chi connectivity index (χ1) is 15.3. The average molecular weight is 457 g/mol. The van der Waals surface area contributed by atoms with Gasteiger partial charge in [-0.15, -0.1) is 0 Å². The molecule has 0 aliphatic heterocycles. The number of hydrogen-bond acceptors (Lipinski definition) is 7. The van der Waals surface area contributed by atoms with Gasteiger partial charge in [-0.05, 0) is 39.0 Å². The summed E-state index contributed by atoms with van der Waals surface area (Å²) in [5.41, 5.74) is 0.0614. The number of carbonyl (C=O) groups is 2. The second-order valence-electron chi connectivity index (χ2n) is 8.42. The molecule has 0 radical (unpaired) electrons. The molecular formula is C25H44O7. The molecular weight excluding hydrogens is 412 g/mol. The number of carbonyl (C=O) groups excluding carboxylic acids is 2. The Hall–Kier alpha value is -1.70. The lowest BCUT2D eigenvalue weighted by molar-refractivity contribution is -0.262. The molecule has 0 aliphatic rings. The Balaban J connectivity index is 4.13. The van der Waals surface area contributed by atoms with E-state index in [0.29, 0.717) is 6.42 Å². The van der Waals surface area contributed by atoms with E-state index in [1.807, 2.05) is 0 Å². The van der Waals surface area contributed by atoms with Crippen molar-refractivity contribution in [2.24, 2.45) is 5.92 Å². The Bertz CT molecular complexity index is 544. The predicted octanol–water partition coefficient (Wildman–Crippen LogP) is 4.54. The summed E-state index contributed by atoms with van der Waals surface area (Å²) in [6.07, 6.45) is 15.2. The molecule has 0 rings (SSSR count). The summed E-state index contributed by atoms with van der Waals surface area (Å²) >= 11 is 0. The highest BCUT2D eigenvalue weighted by Gasteiger charge is 2.34. The molecule has 0 spiro atoms. The molecule has 0 amide bonds. The number of rotatable bonds is 19. The maximum Gasteiger partial charge on any atom is 0.381 e. The second-order valence-corrected chi connectivity index (χ2v) is 8.42. The van der Waals surface area contributed by atoms with Crippen LogP contribution in [0.25, 0.3) is 0 Å². The minimum atomic E-state index is -1.51. The van der Waals surface area contributed by atoms with E-state index in [1.165, 1.54) is 45.4 Å². The van der Waals surface area contributed by atoms with Gasteiger partial charge < -0.3 is 15.3 Å². The quantitative estimate of drug-likeness (QED) is 0.0859. The number of allylic oxidation sites excluding steroid dienone is 2. The molecule has 3 atom stereocenters. The zero-order valence-corrected chi connectivity index (χ0v) is 20.0. The molecule has 0 heterocycles. The Morgan fingerprint density at radius 1 is 0.875 bits per heavy atom. The minimum Gasteiger partial charge on any atom is -0.394 e. The molecule has 32 heavy (non-hydrogen) atoms. The maximum absolute atomic E-state index is 12.2. The highest BCUT2D eigenvalue weighted by atomic mass is 17.2. The minimum absolute atomic E-state index is 0.0614. The first-order valence-electron chi connectivity index (χ1n) is 12.0. The summed E-state index contributed by atoms with van der Waals surface area (Å²) in [6.45, 7) is 6.32. The molecule has 186 valence electrons. The molecule has 3 N–H and O–H groups in total. The van der Waals surface area contributed by atoms with Gasteiger partial charge in [-0.1, -0.05) is 77.0 Å². The van der Waals surface area contributed by atoms with Crippen molar-refractivity contribution in [3.63, 3.8) is 0 Å². The second kappa shape index (κ2) is 19.9. The lowest BCUT2D eigenvalue weighted by Gasteiger charge is -2.23. The van der Waals surface area contributed by atoms with Crippen molar-refractivity contribution in [3.05, 3.63) is 24.3 Å². The van der Waals surface area contributed by atoms with Crippen molar-refractivity contribution < 1.29 is 34.7 Å². The highest BCUT2D eigenvalue weighted by molar-refractivity contribution is 5.87. The van der Waals surface area contributed by atoms with Crippen LogP contribution in [0, 0.1) is 5.92 Å². The maximum atomic E-state index is 12.2. The molecule has 0 fully saturated rings. The van der Waals surface area contributed by atoms with Gasteiger partial charge in [0.25, 0.3) is 0 Å². The van der Waals surface area contributed by atoms with Crippen LogP contribution in [-0.2, 0) is 19.4 Å². The van der Waals surface area contributed by atoms with E-state index in [9.17, 15) is 19.8 Å². The van der Waals surface area contributed by atoms with Gasteiger partial charge in [0.15, 0.2) is 0 Å². The Kier molecular flexibility index (Phi) is 18.9. The molecule has 7 nitrogen and oxygen atoms in total. The molecule has 0 aromatic heterocycles. The van der Waals surface area contributed by atoms with Crippen molar-refractivity contribution in [1.82, 2.24) is 0 Å². The van der Waals surface area contributed by atoms with E-state index < -0.39 is 36.7 Å². The van der Waals surface area contributed by atoms with E-state index in [1.54, 1.807) is 0 Å². The van der Waals surface area contributed by atoms with Crippen LogP contribution < -0.4 is 0 Å². The van der Waals surface area contributed by atoms with Crippen molar-refractivity contribution in [1.29, 1.82) is 0 Å². The van der Waals surface area contributed by atoms with Crippen molar-refractivity contribution in [2.75, 3.05) is 6.61 Å². The fourth-order valence-corrected chi connectivity index (χ4v) is 3.27. The highest BCUT2D eigenvalue weighted by Crippen LogP contribution is 2.20.